The number of hydrogen-bond donors (Lipinski definition) is 2. The van der Waals surface area contributed by atoms with Gasteiger partial charge in [0.1, 0.15) is 11.6 Å². The zero-order valence-corrected chi connectivity index (χ0v) is 21.6. The summed E-state index contributed by atoms with van der Waals surface area (Å²) in [5.74, 6) is 1.22. The fourth-order valence-corrected chi connectivity index (χ4v) is 5.61. The Hall–Kier alpha value is -3.84. The summed E-state index contributed by atoms with van der Waals surface area (Å²) in [4.78, 5) is 29.2. The predicted octanol–water partition coefficient (Wildman–Crippen LogP) is 3.14. The van der Waals surface area contributed by atoms with Crippen LogP contribution in [0.2, 0.25) is 0 Å². The van der Waals surface area contributed by atoms with Crippen LogP contribution < -0.4 is 19.7 Å². The van der Waals surface area contributed by atoms with Gasteiger partial charge in [-0.05, 0) is 43.0 Å². The van der Waals surface area contributed by atoms with Crippen LogP contribution in [-0.2, 0) is 17.6 Å². The topological polar surface area (TPSA) is 72.3 Å². The Kier molecular flexibility index (Phi) is 6.89. The second-order valence-electron chi connectivity index (χ2n) is 10.0. The molecule has 0 aromatic heterocycles. The van der Waals surface area contributed by atoms with Gasteiger partial charge in [0, 0.05) is 17.5 Å². The van der Waals surface area contributed by atoms with E-state index in [-0.39, 0.29) is 18.0 Å². The molecule has 5 rings (SSSR count). The summed E-state index contributed by atoms with van der Waals surface area (Å²) in [5, 5.41) is 2.98. The fraction of sp³-hybridized carbons (Fsp3) is 0.333. The normalized spacial score (nSPS) is 22.9. The van der Waals surface area contributed by atoms with Gasteiger partial charge >= 0.3 is 6.03 Å². The average molecular weight is 501 g/mol. The number of ether oxygens (including phenoxy) is 2. The van der Waals surface area contributed by atoms with Gasteiger partial charge in [-0.3, -0.25) is 4.79 Å². The largest absolute Gasteiger partial charge is 0.493 e. The first-order valence-electron chi connectivity index (χ1n) is 12.8. The van der Waals surface area contributed by atoms with Gasteiger partial charge in [0.25, 0.3) is 5.91 Å². The van der Waals surface area contributed by atoms with E-state index >= 15 is 0 Å². The molecule has 0 bridgehead atoms. The van der Waals surface area contributed by atoms with Gasteiger partial charge in [-0.2, -0.15) is 0 Å². The Morgan fingerprint density at radius 1 is 0.973 bits per heavy atom. The van der Waals surface area contributed by atoms with Crippen LogP contribution in [0.15, 0.2) is 72.8 Å². The van der Waals surface area contributed by atoms with E-state index in [9.17, 15) is 9.59 Å². The van der Waals surface area contributed by atoms with E-state index in [2.05, 4.69) is 23.5 Å². The summed E-state index contributed by atoms with van der Waals surface area (Å²) < 4.78 is 11.2. The van der Waals surface area contributed by atoms with E-state index in [1.807, 2.05) is 61.5 Å². The van der Waals surface area contributed by atoms with Crippen molar-refractivity contribution in [3.8, 4) is 11.5 Å². The standard InChI is InChI=1S/C30H33N3O4/c1-30(16-14-21-10-6-4-7-11-21)28(34)33(29(35)31-30)20-32-17-15-23-18-25(36-2)26(37-3)19-24(23)27(32)22-12-8-5-9-13-22/h4-13,18-19,27H,14-17,20H2,1-3H3,(H,31,35)/p+1/t27?,30-/m1/s1. The molecule has 0 saturated carbocycles. The maximum Gasteiger partial charge on any atom is 0.329 e. The van der Waals surface area contributed by atoms with Gasteiger partial charge < -0.3 is 19.7 Å². The first-order chi connectivity index (χ1) is 17.9. The zero-order chi connectivity index (χ0) is 26.0. The molecule has 3 aromatic carbocycles. The molecule has 7 heteroatoms. The molecule has 2 unspecified atom stereocenters. The van der Waals surface area contributed by atoms with Crippen molar-refractivity contribution < 1.29 is 24.0 Å². The lowest BCUT2D eigenvalue weighted by Crippen LogP contribution is -3.15. The minimum Gasteiger partial charge on any atom is -0.493 e. The molecule has 7 nitrogen and oxygen atoms in total. The van der Waals surface area contributed by atoms with Crippen molar-refractivity contribution in [3.05, 3.63) is 95.1 Å². The molecule has 37 heavy (non-hydrogen) atoms. The van der Waals surface area contributed by atoms with Crippen LogP contribution >= 0.6 is 0 Å². The second-order valence-corrected chi connectivity index (χ2v) is 10.0. The number of fused-ring (bicyclic) bond motifs is 1. The van der Waals surface area contributed by atoms with E-state index in [0.717, 1.165) is 41.0 Å². The number of carbonyl (C=O) groups excluding carboxylic acids is 2. The van der Waals surface area contributed by atoms with Crippen molar-refractivity contribution in [2.24, 2.45) is 0 Å². The maximum absolute atomic E-state index is 13.6. The highest BCUT2D eigenvalue weighted by atomic mass is 16.5. The van der Waals surface area contributed by atoms with E-state index in [1.165, 1.54) is 10.5 Å². The lowest BCUT2D eigenvalue weighted by Gasteiger charge is -2.36. The summed E-state index contributed by atoms with van der Waals surface area (Å²) in [5.41, 5.74) is 3.68. The Labute approximate surface area is 218 Å². The first kappa shape index (κ1) is 24.8. The number of benzene rings is 3. The highest BCUT2D eigenvalue weighted by molar-refractivity contribution is 6.06. The van der Waals surface area contributed by atoms with E-state index in [0.29, 0.717) is 24.6 Å². The van der Waals surface area contributed by atoms with Gasteiger partial charge in [-0.25, -0.2) is 9.69 Å². The molecule has 2 aliphatic heterocycles. The number of nitrogens with zero attached hydrogens (tertiary/aromatic N) is 1. The SMILES string of the molecule is COc1cc2c(cc1OC)C(c1ccccc1)[NH+](CN1C(=O)N[C@](C)(CCc3ccccc3)C1=O)CC2. The van der Waals surface area contributed by atoms with Gasteiger partial charge in [0.05, 0.1) is 20.8 Å². The van der Waals surface area contributed by atoms with E-state index < -0.39 is 5.54 Å². The van der Waals surface area contributed by atoms with Crippen LogP contribution in [0.25, 0.3) is 0 Å². The number of hydrogen-bond acceptors (Lipinski definition) is 4. The number of nitrogens with one attached hydrogen (secondary N) is 2. The summed E-state index contributed by atoms with van der Waals surface area (Å²) in [6.07, 6.45) is 2.08. The number of quaternary nitrogens is 1. The number of rotatable bonds is 8. The highest BCUT2D eigenvalue weighted by Crippen LogP contribution is 2.36. The molecule has 3 amide bonds. The first-order valence-corrected chi connectivity index (χ1v) is 12.8. The van der Waals surface area contributed by atoms with Crippen molar-refractivity contribution in [1.29, 1.82) is 0 Å². The number of amides is 3. The van der Waals surface area contributed by atoms with E-state index in [1.54, 1.807) is 14.2 Å². The van der Waals surface area contributed by atoms with Gasteiger partial charge in [-0.15, -0.1) is 0 Å². The molecule has 3 atom stereocenters. The van der Waals surface area contributed by atoms with Crippen LogP contribution in [0.1, 0.15) is 41.6 Å². The molecule has 1 saturated heterocycles. The Bertz CT molecular complexity index is 1280. The van der Waals surface area contributed by atoms with E-state index in [4.69, 9.17) is 9.47 Å². The molecule has 2 aliphatic rings. The van der Waals surface area contributed by atoms with Crippen molar-refractivity contribution in [1.82, 2.24) is 10.2 Å². The summed E-state index contributed by atoms with van der Waals surface area (Å²) >= 11 is 0. The summed E-state index contributed by atoms with van der Waals surface area (Å²) in [6.45, 7) is 2.90. The Morgan fingerprint density at radius 3 is 2.30 bits per heavy atom. The van der Waals surface area contributed by atoms with Crippen LogP contribution in [0, 0.1) is 0 Å². The molecule has 3 aromatic rings. The van der Waals surface area contributed by atoms with Crippen LogP contribution in [0.4, 0.5) is 4.79 Å². The lowest BCUT2D eigenvalue weighted by atomic mass is 9.88. The number of aryl methyl sites for hydroxylation is 1. The molecule has 0 radical (unpaired) electrons. The number of methoxy groups -OCH3 is 2. The molecule has 2 N–H and O–H groups in total. The van der Waals surface area contributed by atoms with Gasteiger partial charge in [-0.1, -0.05) is 60.7 Å². The molecule has 0 aliphatic carbocycles. The Morgan fingerprint density at radius 2 is 1.62 bits per heavy atom. The van der Waals surface area contributed by atoms with Crippen LogP contribution in [-0.4, -0.2) is 49.8 Å². The van der Waals surface area contributed by atoms with Crippen LogP contribution in [0.3, 0.4) is 0 Å². The number of urea groups is 1. The third kappa shape index (κ3) is 4.79. The fourth-order valence-electron chi connectivity index (χ4n) is 5.61. The van der Waals surface area contributed by atoms with Gasteiger partial charge in [0.15, 0.2) is 18.2 Å². The third-order valence-corrected chi connectivity index (χ3v) is 7.68. The van der Waals surface area contributed by atoms with Crippen molar-refractivity contribution in [3.63, 3.8) is 0 Å². The predicted molar refractivity (Wildman–Crippen MR) is 141 cm³/mol. The second kappa shape index (κ2) is 10.3. The van der Waals surface area contributed by atoms with Crippen molar-refractivity contribution >= 4 is 11.9 Å². The quantitative estimate of drug-likeness (QED) is 0.466. The number of imide groups is 1. The molecule has 192 valence electrons. The smallest absolute Gasteiger partial charge is 0.329 e. The average Bonchev–Trinajstić information content (AvgIpc) is 3.15. The third-order valence-electron chi connectivity index (χ3n) is 7.68. The zero-order valence-electron chi connectivity index (χ0n) is 21.6. The molecule has 1 fully saturated rings. The summed E-state index contributed by atoms with van der Waals surface area (Å²) in [6, 6.07) is 24.0. The lowest BCUT2D eigenvalue weighted by molar-refractivity contribution is -0.934. The van der Waals surface area contributed by atoms with Crippen LogP contribution in [0.5, 0.6) is 11.5 Å². The van der Waals surface area contributed by atoms with Gasteiger partial charge in [0.2, 0.25) is 0 Å². The minimum absolute atomic E-state index is 0.0541. The monoisotopic (exact) mass is 500 g/mol. The molecule has 0 spiro atoms. The van der Waals surface area contributed by atoms with Crippen molar-refractivity contribution in [2.45, 2.75) is 37.8 Å². The summed E-state index contributed by atoms with van der Waals surface area (Å²) in [7, 11) is 3.28. The Balaban J connectivity index is 1.42. The maximum atomic E-state index is 13.6. The minimum atomic E-state index is -0.918. The molecule has 2 heterocycles. The van der Waals surface area contributed by atoms with Crippen molar-refractivity contribution in [2.75, 3.05) is 27.4 Å². The highest BCUT2D eigenvalue weighted by Gasteiger charge is 2.49. The number of carbonyl (C=O) groups is 2. The molecular formula is C30H34N3O4+. The molecular weight excluding hydrogens is 466 g/mol.